The molecule has 0 radical (unpaired) electrons. The van der Waals surface area contributed by atoms with Crippen molar-refractivity contribution >= 4 is 0 Å². The predicted molar refractivity (Wildman–Crippen MR) is 58.5 cm³/mol. The van der Waals surface area contributed by atoms with E-state index in [0.717, 1.165) is 18.7 Å². The molecule has 0 aromatic carbocycles. The molecule has 1 aromatic heterocycles. The van der Waals surface area contributed by atoms with Gasteiger partial charge in [0.2, 0.25) is 0 Å². The summed E-state index contributed by atoms with van der Waals surface area (Å²) in [7, 11) is 2.02. The lowest BCUT2D eigenvalue weighted by Gasteiger charge is -2.37. The SMILES string of the molecule is CC(C)N1Cc2ncn(C)c2CC1CO. The zero-order valence-electron chi connectivity index (χ0n) is 9.64. The molecule has 1 aliphatic rings. The first-order valence-corrected chi connectivity index (χ1v) is 5.49. The van der Waals surface area contributed by atoms with Crippen LogP contribution in [0.3, 0.4) is 0 Å². The Labute approximate surface area is 90.5 Å². The fraction of sp³-hybridized carbons (Fsp3) is 0.727. The fourth-order valence-corrected chi connectivity index (χ4v) is 2.31. The Morgan fingerprint density at radius 3 is 2.93 bits per heavy atom. The number of hydrogen-bond donors (Lipinski definition) is 1. The summed E-state index contributed by atoms with van der Waals surface area (Å²) in [6, 6.07) is 0.699. The van der Waals surface area contributed by atoms with Gasteiger partial charge < -0.3 is 9.67 Å². The molecule has 2 rings (SSSR count). The van der Waals surface area contributed by atoms with Crippen LogP contribution in [0.4, 0.5) is 0 Å². The van der Waals surface area contributed by atoms with Crippen LogP contribution in [0.2, 0.25) is 0 Å². The lowest BCUT2D eigenvalue weighted by molar-refractivity contribution is 0.0764. The van der Waals surface area contributed by atoms with Crippen molar-refractivity contribution in [3.63, 3.8) is 0 Å². The van der Waals surface area contributed by atoms with Crippen LogP contribution in [0.1, 0.15) is 25.2 Å². The summed E-state index contributed by atoms with van der Waals surface area (Å²) in [6.07, 6.45) is 2.77. The van der Waals surface area contributed by atoms with Crippen molar-refractivity contribution in [3.8, 4) is 0 Å². The molecule has 1 atom stereocenters. The lowest BCUT2D eigenvalue weighted by Crippen LogP contribution is -2.46. The molecule has 0 bridgehead atoms. The van der Waals surface area contributed by atoms with Crippen LogP contribution < -0.4 is 0 Å². The van der Waals surface area contributed by atoms with Gasteiger partial charge in [-0.3, -0.25) is 4.90 Å². The molecule has 4 heteroatoms. The van der Waals surface area contributed by atoms with Gasteiger partial charge in [0, 0.05) is 37.8 Å². The molecule has 0 spiro atoms. The third kappa shape index (κ3) is 1.79. The predicted octanol–water partition coefficient (Wildman–Crippen LogP) is 0.547. The largest absolute Gasteiger partial charge is 0.395 e. The van der Waals surface area contributed by atoms with Gasteiger partial charge in [-0.25, -0.2) is 4.98 Å². The standard InChI is InChI=1S/C11H19N3O/c1-8(2)14-5-10-11(4-9(14)6-15)13(3)7-12-10/h7-9,15H,4-6H2,1-3H3. The van der Waals surface area contributed by atoms with Crippen molar-refractivity contribution in [1.29, 1.82) is 0 Å². The Morgan fingerprint density at radius 1 is 1.60 bits per heavy atom. The van der Waals surface area contributed by atoms with E-state index in [0.29, 0.717) is 6.04 Å². The van der Waals surface area contributed by atoms with E-state index in [4.69, 9.17) is 0 Å². The Kier molecular flexibility index (Phi) is 2.80. The third-order valence-corrected chi connectivity index (χ3v) is 3.25. The number of rotatable bonds is 2. The van der Waals surface area contributed by atoms with Crippen molar-refractivity contribution in [3.05, 3.63) is 17.7 Å². The van der Waals surface area contributed by atoms with Gasteiger partial charge in [-0.05, 0) is 13.8 Å². The van der Waals surface area contributed by atoms with Crippen LogP contribution >= 0.6 is 0 Å². The van der Waals surface area contributed by atoms with Crippen molar-refractivity contribution in [2.75, 3.05) is 6.61 Å². The average Bonchev–Trinajstić information content (AvgIpc) is 2.58. The van der Waals surface area contributed by atoms with E-state index in [2.05, 4.69) is 28.3 Å². The Hall–Kier alpha value is -0.870. The Morgan fingerprint density at radius 2 is 2.33 bits per heavy atom. The monoisotopic (exact) mass is 209 g/mol. The molecule has 0 aliphatic carbocycles. The highest BCUT2D eigenvalue weighted by molar-refractivity contribution is 5.18. The second-order valence-corrected chi connectivity index (χ2v) is 4.56. The van der Waals surface area contributed by atoms with E-state index >= 15 is 0 Å². The van der Waals surface area contributed by atoms with E-state index in [1.54, 1.807) is 0 Å². The summed E-state index contributed by atoms with van der Waals surface area (Å²) in [5, 5.41) is 9.39. The number of aliphatic hydroxyl groups is 1. The van der Waals surface area contributed by atoms with E-state index < -0.39 is 0 Å². The van der Waals surface area contributed by atoms with Gasteiger partial charge in [0.15, 0.2) is 0 Å². The van der Waals surface area contributed by atoms with E-state index in [-0.39, 0.29) is 12.6 Å². The quantitative estimate of drug-likeness (QED) is 0.773. The maximum atomic E-state index is 9.39. The van der Waals surface area contributed by atoms with Crippen molar-refractivity contribution in [1.82, 2.24) is 14.5 Å². The zero-order valence-corrected chi connectivity index (χ0v) is 9.64. The Balaban J connectivity index is 2.28. The van der Waals surface area contributed by atoms with Gasteiger partial charge >= 0.3 is 0 Å². The molecule has 0 amide bonds. The summed E-state index contributed by atoms with van der Waals surface area (Å²) in [6.45, 7) is 5.41. The van der Waals surface area contributed by atoms with Gasteiger partial charge in [0.1, 0.15) is 0 Å². The minimum atomic E-state index is 0.225. The maximum Gasteiger partial charge on any atom is 0.0949 e. The summed E-state index contributed by atoms with van der Waals surface area (Å²) in [4.78, 5) is 6.71. The fourth-order valence-electron chi connectivity index (χ4n) is 2.31. The number of nitrogens with zero attached hydrogens (tertiary/aromatic N) is 3. The van der Waals surface area contributed by atoms with Gasteiger partial charge in [-0.15, -0.1) is 0 Å². The molecule has 1 aromatic rings. The normalized spacial score (nSPS) is 22.1. The second-order valence-electron chi connectivity index (χ2n) is 4.56. The minimum absolute atomic E-state index is 0.225. The summed E-state index contributed by atoms with van der Waals surface area (Å²) in [5.41, 5.74) is 2.43. The van der Waals surface area contributed by atoms with Crippen LogP contribution in [0.15, 0.2) is 6.33 Å². The highest BCUT2D eigenvalue weighted by atomic mass is 16.3. The molecule has 1 aliphatic heterocycles. The molecule has 0 fully saturated rings. The van der Waals surface area contributed by atoms with Crippen LogP contribution in [0.5, 0.6) is 0 Å². The van der Waals surface area contributed by atoms with Crippen LogP contribution in [-0.2, 0) is 20.0 Å². The molecular formula is C11H19N3O. The van der Waals surface area contributed by atoms with Gasteiger partial charge in [-0.2, -0.15) is 0 Å². The average molecular weight is 209 g/mol. The van der Waals surface area contributed by atoms with Gasteiger partial charge in [0.05, 0.1) is 18.6 Å². The molecule has 84 valence electrons. The minimum Gasteiger partial charge on any atom is -0.395 e. The third-order valence-electron chi connectivity index (χ3n) is 3.25. The number of aromatic nitrogens is 2. The van der Waals surface area contributed by atoms with Crippen LogP contribution in [-0.4, -0.2) is 38.2 Å². The smallest absolute Gasteiger partial charge is 0.0949 e. The van der Waals surface area contributed by atoms with Crippen molar-refractivity contribution in [2.45, 2.75) is 38.9 Å². The molecule has 1 N–H and O–H groups in total. The molecule has 4 nitrogen and oxygen atoms in total. The lowest BCUT2D eigenvalue weighted by atomic mass is 10.0. The first-order chi connectivity index (χ1) is 7.13. The number of aliphatic hydroxyl groups excluding tert-OH is 1. The maximum absolute atomic E-state index is 9.39. The highest BCUT2D eigenvalue weighted by Crippen LogP contribution is 2.23. The molecule has 0 saturated heterocycles. The number of aryl methyl sites for hydroxylation is 1. The van der Waals surface area contributed by atoms with Crippen LogP contribution in [0.25, 0.3) is 0 Å². The topological polar surface area (TPSA) is 41.3 Å². The van der Waals surface area contributed by atoms with E-state index in [1.807, 2.05) is 13.4 Å². The highest BCUT2D eigenvalue weighted by Gasteiger charge is 2.29. The van der Waals surface area contributed by atoms with E-state index in [9.17, 15) is 5.11 Å². The molecule has 0 saturated carbocycles. The molecule has 1 unspecified atom stereocenters. The summed E-state index contributed by atoms with van der Waals surface area (Å²) < 4.78 is 2.07. The number of imidazole rings is 1. The number of fused-ring (bicyclic) bond motifs is 1. The molecule has 15 heavy (non-hydrogen) atoms. The van der Waals surface area contributed by atoms with Gasteiger partial charge in [0.25, 0.3) is 0 Å². The van der Waals surface area contributed by atoms with E-state index in [1.165, 1.54) is 5.69 Å². The Bertz CT molecular complexity index is 346. The van der Waals surface area contributed by atoms with Crippen LogP contribution in [0, 0.1) is 0 Å². The number of hydrogen-bond acceptors (Lipinski definition) is 3. The first kappa shape index (κ1) is 10.6. The van der Waals surface area contributed by atoms with Crippen molar-refractivity contribution < 1.29 is 5.11 Å². The molecular weight excluding hydrogens is 190 g/mol. The first-order valence-electron chi connectivity index (χ1n) is 5.49. The summed E-state index contributed by atoms with van der Waals surface area (Å²) in [5.74, 6) is 0. The summed E-state index contributed by atoms with van der Waals surface area (Å²) >= 11 is 0. The van der Waals surface area contributed by atoms with Gasteiger partial charge in [-0.1, -0.05) is 0 Å². The van der Waals surface area contributed by atoms with Crippen molar-refractivity contribution in [2.24, 2.45) is 7.05 Å². The second kappa shape index (κ2) is 3.94. The zero-order chi connectivity index (χ0) is 11.0. The molecule has 2 heterocycles.